The van der Waals surface area contributed by atoms with Gasteiger partial charge in [-0.3, -0.25) is 4.79 Å². The topological polar surface area (TPSA) is 53.8 Å². The normalized spacial score (nSPS) is 25.4. The van der Waals surface area contributed by atoms with Crippen LogP contribution in [0.5, 0.6) is 0 Å². The predicted octanol–water partition coefficient (Wildman–Crippen LogP) is 0.414. The number of hydrogen-bond acceptors (Lipinski definition) is 4. The van der Waals surface area contributed by atoms with Crippen LogP contribution in [0.2, 0.25) is 0 Å². The third kappa shape index (κ3) is 1.30. The fourth-order valence-corrected chi connectivity index (χ4v) is 1.18. The number of alkyl halides is 3. The van der Waals surface area contributed by atoms with Crippen molar-refractivity contribution >= 4 is 17.7 Å². The smallest absolute Gasteiger partial charge is 0.368 e. The van der Waals surface area contributed by atoms with Crippen LogP contribution in [-0.4, -0.2) is 29.9 Å². The van der Waals surface area contributed by atoms with Crippen LogP contribution in [-0.2, 0) is 4.79 Å². The number of halogens is 3. The van der Waals surface area contributed by atoms with E-state index >= 15 is 0 Å². The number of allylic oxidation sites excluding steroid dienone is 2. The summed E-state index contributed by atoms with van der Waals surface area (Å²) in [5.74, 6) is -0.751. The summed E-state index contributed by atoms with van der Waals surface area (Å²) in [6.45, 7) is 0. The number of hydrogen-bond donors (Lipinski definition) is 1. The Morgan fingerprint density at radius 2 is 2.14 bits per heavy atom. The molecular formula is C7H4F3N3O. The molecule has 14 heavy (non-hydrogen) atoms. The van der Waals surface area contributed by atoms with E-state index in [1.807, 2.05) is 0 Å². The fourth-order valence-electron chi connectivity index (χ4n) is 1.18. The zero-order valence-electron chi connectivity index (χ0n) is 6.67. The van der Waals surface area contributed by atoms with Crippen molar-refractivity contribution in [3.8, 4) is 0 Å². The van der Waals surface area contributed by atoms with E-state index in [0.717, 1.165) is 6.21 Å². The molecule has 0 saturated heterocycles. The van der Waals surface area contributed by atoms with Gasteiger partial charge in [0.15, 0.2) is 0 Å². The van der Waals surface area contributed by atoms with Crippen LogP contribution in [0.15, 0.2) is 22.0 Å². The molecule has 0 aliphatic carbocycles. The quantitative estimate of drug-likeness (QED) is 0.620. The molecule has 2 aliphatic rings. The Hall–Kier alpha value is -1.66. The van der Waals surface area contributed by atoms with Gasteiger partial charge in [0.05, 0.1) is 6.21 Å². The fraction of sp³-hybridized carbons (Fsp3) is 0.286. The van der Waals surface area contributed by atoms with Crippen LogP contribution < -0.4 is 5.32 Å². The Morgan fingerprint density at radius 1 is 1.43 bits per heavy atom. The standard InChI is InChI=1S/C7H4F3N3O/c8-7(9,10)5-1-4(14)6-3(12-5)2-11-13-6/h1-3,12H. The molecule has 2 aliphatic heterocycles. The van der Waals surface area contributed by atoms with Crippen molar-refractivity contribution in [3.05, 3.63) is 11.8 Å². The minimum Gasteiger partial charge on any atom is -0.368 e. The molecule has 0 fully saturated rings. The van der Waals surface area contributed by atoms with Gasteiger partial charge >= 0.3 is 6.18 Å². The molecular weight excluding hydrogens is 199 g/mol. The van der Waals surface area contributed by atoms with Crippen molar-refractivity contribution in [1.29, 1.82) is 0 Å². The second kappa shape index (κ2) is 2.66. The summed E-state index contributed by atoms with van der Waals surface area (Å²) < 4.78 is 36.6. The zero-order chi connectivity index (χ0) is 10.3. The molecule has 74 valence electrons. The Bertz CT molecular complexity index is 380. The minimum atomic E-state index is -4.54. The molecule has 0 bridgehead atoms. The molecule has 0 radical (unpaired) electrons. The van der Waals surface area contributed by atoms with Crippen LogP contribution in [0, 0.1) is 0 Å². The summed E-state index contributed by atoms with van der Waals surface area (Å²) in [6, 6.07) is -0.843. The molecule has 2 heterocycles. The van der Waals surface area contributed by atoms with Crippen LogP contribution in [0.25, 0.3) is 0 Å². The number of carbonyl (C=O) groups excluding carboxylic acids is 1. The molecule has 2 rings (SSSR count). The number of rotatable bonds is 0. The average molecular weight is 203 g/mol. The highest BCUT2D eigenvalue weighted by Crippen LogP contribution is 2.26. The van der Waals surface area contributed by atoms with E-state index in [0.29, 0.717) is 6.08 Å². The molecule has 0 amide bonds. The Kier molecular flexibility index (Phi) is 1.70. The molecule has 1 atom stereocenters. The Morgan fingerprint density at radius 3 is 2.79 bits per heavy atom. The molecule has 1 N–H and O–H groups in total. The molecule has 0 spiro atoms. The van der Waals surface area contributed by atoms with Gasteiger partial charge in [-0.1, -0.05) is 0 Å². The van der Waals surface area contributed by atoms with E-state index in [1.165, 1.54) is 0 Å². The van der Waals surface area contributed by atoms with Crippen molar-refractivity contribution in [3.63, 3.8) is 0 Å². The number of fused-ring (bicyclic) bond motifs is 1. The van der Waals surface area contributed by atoms with E-state index in [4.69, 9.17) is 0 Å². The van der Waals surface area contributed by atoms with Crippen molar-refractivity contribution in [2.24, 2.45) is 10.2 Å². The van der Waals surface area contributed by atoms with Gasteiger partial charge in [0.25, 0.3) is 0 Å². The molecule has 0 aromatic rings. The maximum absolute atomic E-state index is 12.2. The number of carbonyl (C=O) groups is 1. The summed E-state index contributed by atoms with van der Waals surface area (Å²) in [7, 11) is 0. The average Bonchev–Trinajstić information content (AvgIpc) is 2.50. The summed E-state index contributed by atoms with van der Waals surface area (Å²) in [6.07, 6.45) is -2.90. The lowest BCUT2D eigenvalue weighted by Gasteiger charge is -2.21. The lowest BCUT2D eigenvalue weighted by Crippen LogP contribution is -2.46. The Labute approximate surface area is 76.2 Å². The predicted molar refractivity (Wildman–Crippen MR) is 42.0 cm³/mol. The molecule has 7 heteroatoms. The number of nitrogens with one attached hydrogen (secondary N) is 1. The molecule has 0 aromatic heterocycles. The van der Waals surface area contributed by atoms with Crippen molar-refractivity contribution in [2.45, 2.75) is 12.2 Å². The van der Waals surface area contributed by atoms with Crippen LogP contribution in [0.1, 0.15) is 0 Å². The van der Waals surface area contributed by atoms with E-state index in [2.05, 4.69) is 15.5 Å². The highest BCUT2D eigenvalue weighted by atomic mass is 19.4. The lowest BCUT2D eigenvalue weighted by atomic mass is 10.0. The monoisotopic (exact) mass is 203 g/mol. The first kappa shape index (κ1) is 8.92. The summed E-state index contributed by atoms with van der Waals surface area (Å²) in [4.78, 5) is 11.1. The maximum Gasteiger partial charge on any atom is 0.431 e. The van der Waals surface area contributed by atoms with Crippen LogP contribution in [0.3, 0.4) is 0 Å². The van der Waals surface area contributed by atoms with E-state index < -0.39 is 23.7 Å². The van der Waals surface area contributed by atoms with E-state index in [-0.39, 0.29) is 5.71 Å². The van der Waals surface area contributed by atoms with Crippen LogP contribution in [0.4, 0.5) is 13.2 Å². The van der Waals surface area contributed by atoms with E-state index in [9.17, 15) is 18.0 Å². The van der Waals surface area contributed by atoms with Gasteiger partial charge in [0, 0.05) is 6.08 Å². The third-order valence-electron chi connectivity index (χ3n) is 1.82. The molecule has 0 saturated carbocycles. The molecule has 0 aromatic carbocycles. The molecule has 4 nitrogen and oxygen atoms in total. The molecule has 1 unspecified atom stereocenters. The highest BCUT2D eigenvalue weighted by molar-refractivity contribution is 6.49. The lowest BCUT2D eigenvalue weighted by molar-refractivity contribution is -0.112. The largest absolute Gasteiger partial charge is 0.431 e. The van der Waals surface area contributed by atoms with Crippen LogP contribution >= 0.6 is 0 Å². The first-order valence-electron chi connectivity index (χ1n) is 3.69. The van der Waals surface area contributed by atoms with Gasteiger partial charge in [0.2, 0.25) is 5.78 Å². The summed E-state index contributed by atoms with van der Waals surface area (Å²) in [5.41, 5.74) is -1.06. The Balaban J connectivity index is 2.34. The van der Waals surface area contributed by atoms with E-state index in [1.54, 1.807) is 0 Å². The summed E-state index contributed by atoms with van der Waals surface area (Å²) >= 11 is 0. The van der Waals surface area contributed by atoms with Gasteiger partial charge < -0.3 is 5.32 Å². The van der Waals surface area contributed by atoms with Gasteiger partial charge in [-0.15, -0.1) is 5.10 Å². The second-order valence-electron chi connectivity index (χ2n) is 2.79. The second-order valence-corrected chi connectivity index (χ2v) is 2.79. The third-order valence-corrected chi connectivity index (χ3v) is 1.82. The first-order chi connectivity index (χ1) is 6.48. The van der Waals surface area contributed by atoms with Gasteiger partial charge in [-0.2, -0.15) is 18.3 Å². The summed E-state index contributed by atoms with van der Waals surface area (Å²) in [5, 5.41) is 8.91. The zero-order valence-corrected chi connectivity index (χ0v) is 6.67. The number of ketones is 1. The van der Waals surface area contributed by atoms with Crippen molar-refractivity contribution in [2.75, 3.05) is 0 Å². The van der Waals surface area contributed by atoms with Gasteiger partial charge in [0.1, 0.15) is 17.5 Å². The number of nitrogens with zero attached hydrogens (tertiary/aromatic N) is 2. The van der Waals surface area contributed by atoms with Crippen molar-refractivity contribution in [1.82, 2.24) is 5.32 Å². The van der Waals surface area contributed by atoms with Crippen molar-refractivity contribution < 1.29 is 18.0 Å². The van der Waals surface area contributed by atoms with Gasteiger partial charge in [-0.05, 0) is 0 Å². The minimum absolute atomic E-state index is 0.00185. The highest BCUT2D eigenvalue weighted by Gasteiger charge is 2.41. The SMILES string of the molecule is O=C1C=C(C(F)(F)F)NC2C=NN=C12. The maximum atomic E-state index is 12.2. The van der Waals surface area contributed by atoms with Gasteiger partial charge in [-0.25, -0.2) is 0 Å². The first-order valence-corrected chi connectivity index (χ1v) is 3.69.